The second-order valence-corrected chi connectivity index (χ2v) is 6.95. The van der Waals surface area contributed by atoms with Crippen LogP contribution in [0, 0.1) is 6.92 Å². The molecule has 0 aliphatic heterocycles. The van der Waals surface area contributed by atoms with Crippen LogP contribution >= 0.6 is 11.6 Å². The molecule has 114 valence electrons. The van der Waals surface area contributed by atoms with Gasteiger partial charge in [0.05, 0.1) is 11.5 Å². The van der Waals surface area contributed by atoms with E-state index in [9.17, 15) is 8.42 Å². The number of hydrogen-bond donors (Lipinski definition) is 2. The Kier molecular flexibility index (Phi) is 6.26. The summed E-state index contributed by atoms with van der Waals surface area (Å²) in [6.07, 6.45) is 1.60. The largest absolute Gasteiger partial charge is 0.398 e. The highest BCUT2D eigenvalue weighted by Gasteiger charge is 2.24. The number of anilines is 1. The molecule has 0 unspecified atom stereocenters. The number of sulfonamides is 1. The van der Waals surface area contributed by atoms with Crippen LogP contribution in [0.4, 0.5) is 5.69 Å². The summed E-state index contributed by atoms with van der Waals surface area (Å²) in [5.41, 5.74) is 6.78. The number of aliphatic hydroxyl groups is 1. The van der Waals surface area contributed by atoms with Crippen molar-refractivity contribution in [2.24, 2.45) is 0 Å². The lowest BCUT2D eigenvalue weighted by molar-refractivity contribution is 0.252. The molecule has 0 aliphatic rings. The molecule has 0 radical (unpaired) electrons. The summed E-state index contributed by atoms with van der Waals surface area (Å²) in [6.45, 7) is 3.91. The topological polar surface area (TPSA) is 83.6 Å². The van der Waals surface area contributed by atoms with Crippen molar-refractivity contribution >= 4 is 27.3 Å². The molecular formula is C13H21ClN2O3S. The Morgan fingerprint density at radius 1 is 1.35 bits per heavy atom. The molecule has 20 heavy (non-hydrogen) atoms. The van der Waals surface area contributed by atoms with Crippen LogP contribution in [0.3, 0.4) is 0 Å². The minimum absolute atomic E-state index is 0.0632. The van der Waals surface area contributed by atoms with Crippen LogP contribution in [0.2, 0.25) is 5.02 Å². The summed E-state index contributed by atoms with van der Waals surface area (Å²) in [5.74, 6) is 0. The van der Waals surface area contributed by atoms with Gasteiger partial charge in [0, 0.05) is 23.8 Å². The molecule has 7 heteroatoms. The Labute approximate surface area is 125 Å². The Balaban J connectivity index is 3.18. The van der Waals surface area contributed by atoms with Crippen LogP contribution < -0.4 is 5.73 Å². The molecule has 0 bridgehead atoms. The number of nitrogens with two attached hydrogens (primary N) is 1. The number of halogens is 1. The van der Waals surface area contributed by atoms with Gasteiger partial charge in [-0.25, -0.2) is 8.42 Å². The lowest BCUT2D eigenvalue weighted by Crippen LogP contribution is -2.34. The Morgan fingerprint density at radius 3 is 2.50 bits per heavy atom. The molecule has 1 aromatic carbocycles. The van der Waals surface area contributed by atoms with Crippen LogP contribution in [-0.4, -0.2) is 37.5 Å². The molecule has 0 heterocycles. The average molecular weight is 321 g/mol. The fourth-order valence-electron chi connectivity index (χ4n) is 1.77. The summed E-state index contributed by atoms with van der Waals surface area (Å²) in [5, 5.41) is 9.36. The van der Waals surface area contributed by atoms with Crippen LogP contribution in [0.5, 0.6) is 0 Å². The molecule has 0 saturated carbocycles. The van der Waals surface area contributed by atoms with Gasteiger partial charge >= 0.3 is 0 Å². The third-order valence-electron chi connectivity index (χ3n) is 3.11. The predicted octanol–water partition coefficient (Wildman–Crippen LogP) is 2.01. The molecule has 0 aromatic heterocycles. The first-order valence-electron chi connectivity index (χ1n) is 6.51. The van der Waals surface area contributed by atoms with E-state index in [0.717, 1.165) is 12.8 Å². The Hall–Kier alpha value is -0.820. The summed E-state index contributed by atoms with van der Waals surface area (Å²) < 4.78 is 26.3. The summed E-state index contributed by atoms with van der Waals surface area (Å²) >= 11 is 6.00. The quantitative estimate of drug-likeness (QED) is 0.753. The van der Waals surface area contributed by atoms with Gasteiger partial charge in [-0.1, -0.05) is 24.9 Å². The third kappa shape index (κ3) is 3.85. The van der Waals surface area contributed by atoms with E-state index in [4.69, 9.17) is 22.4 Å². The smallest absolute Gasteiger partial charge is 0.243 e. The molecule has 3 N–H and O–H groups in total. The van der Waals surface area contributed by atoms with Gasteiger partial charge in [0.15, 0.2) is 0 Å². The van der Waals surface area contributed by atoms with E-state index in [-0.39, 0.29) is 18.0 Å². The highest BCUT2D eigenvalue weighted by Crippen LogP contribution is 2.27. The zero-order chi connectivity index (χ0) is 15.3. The van der Waals surface area contributed by atoms with Crippen LogP contribution in [0.25, 0.3) is 0 Å². The lowest BCUT2D eigenvalue weighted by atomic mass is 10.2. The molecule has 0 saturated heterocycles. The van der Waals surface area contributed by atoms with Crippen molar-refractivity contribution in [1.29, 1.82) is 0 Å². The zero-order valence-electron chi connectivity index (χ0n) is 11.8. The number of benzene rings is 1. The van der Waals surface area contributed by atoms with E-state index < -0.39 is 10.0 Å². The van der Waals surface area contributed by atoms with Crippen molar-refractivity contribution in [3.63, 3.8) is 0 Å². The summed E-state index contributed by atoms with van der Waals surface area (Å²) in [6, 6.07) is 2.81. The molecule has 1 aromatic rings. The van der Waals surface area contributed by atoms with Crippen molar-refractivity contribution in [1.82, 2.24) is 4.31 Å². The van der Waals surface area contributed by atoms with Gasteiger partial charge in [0.25, 0.3) is 0 Å². The zero-order valence-corrected chi connectivity index (χ0v) is 13.3. The van der Waals surface area contributed by atoms with Crippen molar-refractivity contribution in [2.75, 3.05) is 25.4 Å². The SMILES string of the molecule is CCCCN(CCO)S(=O)(=O)c1cc(N)c(C)c(Cl)c1. The van der Waals surface area contributed by atoms with Gasteiger partial charge in [-0.3, -0.25) is 0 Å². The number of unbranched alkanes of at least 4 members (excludes halogenated alkanes) is 1. The standard InChI is InChI=1S/C13H21ClN2O3S/c1-3-4-5-16(6-7-17)20(18,19)11-8-12(14)10(2)13(15)9-11/h8-9,17H,3-7,15H2,1-2H3. The fourth-order valence-corrected chi connectivity index (χ4v) is 3.59. The van der Waals surface area contributed by atoms with Crippen molar-refractivity contribution in [3.05, 3.63) is 22.7 Å². The van der Waals surface area contributed by atoms with Crippen molar-refractivity contribution < 1.29 is 13.5 Å². The van der Waals surface area contributed by atoms with E-state index in [1.54, 1.807) is 6.92 Å². The first-order valence-corrected chi connectivity index (χ1v) is 8.33. The van der Waals surface area contributed by atoms with Gasteiger partial charge in [0.2, 0.25) is 10.0 Å². The van der Waals surface area contributed by atoms with Gasteiger partial charge in [0.1, 0.15) is 0 Å². The Bertz CT molecular complexity index is 538. The molecule has 0 aliphatic carbocycles. The number of hydrogen-bond acceptors (Lipinski definition) is 4. The maximum absolute atomic E-state index is 12.5. The van der Waals surface area contributed by atoms with Crippen molar-refractivity contribution in [2.45, 2.75) is 31.6 Å². The summed E-state index contributed by atoms with van der Waals surface area (Å²) in [7, 11) is -3.69. The minimum atomic E-state index is -3.69. The molecule has 0 fully saturated rings. The molecule has 0 atom stereocenters. The molecular weight excluding hydrogens is 300 g/mol. The normalized spacial score (nSPS) is 12.1. The molecule has 5 nitrogen and oxygen atoms in total. The second-order valence-electron chi connectivity index (χ2n) is 4.60. The monoisotopic (exact) mass is 320 g/mol. The predicted molar refractivity (Wildman–Crippen MR) is 81.4 cm³/mol. The molecule has 0 amide bonds. The van der Waals surface area contributed by atoms with Crippen LogP contribution in [0.15, 0.2) is 17.0 Å². The van der Waals surface area contributed by atoms with Crippen LogP contribution in [0.1, 0.15) is 25.3 Å². The van der Waals surface area contributed by atoms with Crippen LogP contribution in [-0.2, 0) is 10.0 Å². The number of aliphatic hydroxyl groups excluding tert-OH is 1. The fraction of sp³-hybridized carbons (Fsp3) is 0.538. The minimum Gasteiger partial charge on any atom is -0.398 e. The van der Waals surface area contributed by atoms with Gasteiger partial charge in [-0.05, 0) is 31.0 Å². The third-order valence-corrected chi connectivity index (χ3v) is 5.38. The van der Waals surface area contributed by atoms with Gasteiger partial charge in [-0.2, -0.15) is 4.31 Å². The molecule has 1 rings (SSSR count). The molecule has 0 spiro atoms. The van der Waals surface area contributed by atoms with E-state index in [0.29, 0.717) is 22.8 Å². The maximum atomic E-state index is 12.5. The summed E-state index contributed by atoms with van der Waals surface area (Å²) in [4.78, 5) is 0.0650. The second kappa shape index (κ2) is 7.26. The van der Waals surface area contributed by atoms with E-state index >= 15 is 0 Å². The van der Waals surface area contributed by atoms with E-state index in [1.807, 2.05) is 6.92 Å². The maximum Gasteiger partial charge on any atom is 0.243 e. The van der Waals surface area contributed by atoms with E-state index in [2.05, 4.69) is 0 Å². The van der Waals surface area contributed by atoms with Gasteiger partial charge in [-0.15, -0.1) is 0 Å². The number of nitrogen functional groups attached to an aromatic ring is 1. The highest BCUT2D eigenvalue weighted by atomic mass is 35.5. The first-order chi connectivity index (χ1) is 9.34. The van der Waals surface area contributed by atoms with Crippen molar-refractivity contribution in [3.8, 4) is 0 Å². The first kappa shape index (κ1) is 17.2. The highest BCUT2D eigenvalue weighted by molar-refractivity contribution is 7.89. The van der Waals surface area contributed by atoms with Gasteiger partial charge < -0.3 is 10.8 Å². The van der Waals surface area contributed by atoms with E-state index in [1.165, 1.54) is 16.4 Å². The Morgan fingerprint density at radius 2 is 2.00 bits per heavy atom. The number of rotatable bonds is 7. The average Bonchev–Trinajstić information content (AvgIpc) is 2.39. The lowest BCUT2D eigenvalue weighted by Gasteiger charge is -2.21. The number of nitrogens with zero attached hydrogens (tertiary/aromatic N) is 1.